The van der Waals surface area contributed by atoms with Crippen molar-refractivity contribution in [3.63, 3.8) is 0 Å². The zero-order valence-corrected chi connectivity index (χ0v) is 14.2. The van der Waals surface area contributed by atoms with Crippen molar-refractivity contribution < 1.29 is 12.8 Å². The highest BCUT2D eigenvalue weighted by Gasteiger charge is 2.40. The molecule has 0 aromatic heterocycles. The summed E-state index contributed by atoms with van der Waals surface area (Å²) in [5, 5.41) is 0. The number of nitrogens with zero attached hydrogens (tertiary/aromatic N) is 1. The molecule has 0 N–H and O–H groups in total. The summed E-state index contributed by atoms with van der Waals surface area (Å²) in [5.41, 5.74) is 0. The first kappa shape index (κ1) is 15.4. The standard InChI is InChI=1S/C15H19BrFNO2S/c16-13-10-12(17)7-8-15(13)21(19,20)18-9-3-5-11-4-1-2-6-14(11)18/h7-8,10-11,14H,1-6,9H2. The lowest BCUT2D eigenvalue weighted by Crippen LogP contribution is -2.49. The Labute approximate surface area is 133 Å². The fourth-order valence-electron chi connectivity index (χ4n) is 3.69. The average Bonchev–Trinajstić information content (AvgIpc) is 2.46. The maximum Gasteiger partial charge on any atom is 0.244 e. The molecule has 0 amide bonds. The second-order valence-corrected chi connectivity index (χ2v) is 8.66. The predicted octanol–water partition coefficient (Wildman–Crippen LogP) is 3.93. The minimum atomic E-state index is -3.56. The van der Waals surface area contributed by atoms with E-state index in [9.17, 15) is 12.8 Å². The van der Waals surface area contributed by atoms with Crippen LogP contribution in [-0.2, 0) is 10.0 Å². The van der Waals surface area contributed by atoms with Crippen molar-refractivity contribution in [3.8, 4) is 0 Å². The number of hydrogen-bond acceptors (Lipinski definition) is 2. The SMILES string of the molecule is O=S(=O)(c1ccc(F)cc1Br)N1CCCC2CCCCC21. The lowest BCUT2D eigenvalue weighted by atomic mass is 9.79. The third-order valence-electron chi connectivity index (χ3n) is 4.67. The van der Waals surface area contributed by atoms with E-state index in [-0.39, 0.29) is 10.9 Å². The van der Waals surface area contributed by atoms with Crippen LogP contribution < -0.4 is 0 Å². The Kier molecular flexibility index (Phi) is 4.39. The van der Waals surface area contributed by atoms with Crippen LogP contribution in [0.4, 0.5) is 4.39 Å². The molecule has 3 nitrogen and oxygen atoms in total. The van der Waals surface area contributed by atoms with Crippen molar-refractivity contribution in [2.45, 2.75) is 49.5 Å². The topological polar surface area (TPSA) is 37.4 Å². The van der Waals surface area contributed by atoms with Gasteiger partial charge in [0.2, 0.25) is 10.0 Å². The van der Waals surface area contributed by atoms with Crippen molar-refractivity contribution in [1.82, 2.24) is 4.31 Å². The highest BCUT2D eigenvalue weighted by atomic mass is 79.9. The van der Waals surface area contributed by atoms with Gasteiger partial charge in [-0.2, -0.15) is 4.31 Å². The Balaban J connectivity index is 1.96. The Hall–Kier alpha value is -0.460. The first-order valence-electron chi connectivity index (χ1n) is 7.47. The molecule has 1 saturated heterocycles. The van der Waals surface area contributed by atoms with Crippen molar-refractivity contribution in [3.05, 3.63) is 28.5 Å². The molecular weight excluding hydrogens is 357 g/mol. The molecule has 3 rings (SSSR count). The molecule has 21 heavy (non-hydrogen) atoms. The first-order chi connectivity index (χ1) is 10.00. The van der Waals surface area contributed by atoms with Gasteiger partial charge in [-0.25, -0.2) is 12.8 Å². The quantitative estimate of drug-likeness (QED) is 0.784. The summed E-state index contributed by atoms with van der Waals surface area (Å²) in [5.74, 6) is 0.0523. The smallest absolute Gasteiger partial charge is 0.207 e. The maximum atomic E-state index is 13.2. The zero-order chi connectivity index (χ0) is 15.0. The molecule has 116 valence electrons. The highest BCUT2D eigenvalue weighted by Crippen LogP contribution is 2.39. The van der Waals surface area contributed by atoms with Crippen LogP contribution >= 0.6 is 15.9 Å². The number of hydrogen-bond donors (Lipinski definition) is 0. The zero-order valence-electron chi connectivity index (χ0n) is 11.8. The van der Waals surface area contributed by atoms with Crippen LogP contribution in [0.25, 0.3) is 0 Å². The third-order valence-corrected chi connectivity index (χ3v) is 7.57. The van der Waals surface area contributed by atoms with E-state index in [1.165, 1.54) is 24.6 Å². The molecule has 2 aliphatic rings. The van der Waals surface area contributed by atoms with E-state index in [1.807, 2.05) is 0 Å². The summed E-state index contributed by atoms with van der Waals surface area (Å²) in [6.07, 6.45) is 6.41. The number of fused-ring (bicyclic) bond motifs is 1. The Morgan fingerprint density at radius 2 is 1.86 bits per heavy atom. The molecule has 2 fully saturated rings. The Morgan fingerprint density at radius 1 is 1.14 bits per heavy atom. The third kappa shape index (κ3) is 2.90. The molecule has 6 heteroatoms. The van der Waals surface area contributed by atoms with Crippen molar-refractivity contribution in [2.24, 2.45) is 5.92 Å². The lowest BCUT2D eigenvalue weighted by molar-refractivity contribution is 0.129. The van der Waals surface area contributed by atoms with Crippen LogP contribution in [0.3, 0.4) is 0 Å². The van der Waals surface area contributed by atoms with E-state index < -0.39 is 15.8 Å². The highest BCUT2D eigenvalue weighted by molar-refractivity contribution is 9.10. The normalized spacial score (nSPS) is 27.3. The van der Waals surface area contributed by atoms with Gasteiger partial charge in [0.1, 0.15) is 5.82 Å². The monoisotopic (exact) mass is 375 g/mol. The molecule has 1 aliphatic carbocycles. The molecule has 1 aromatic rings. The van der Waals surface area contributed by atoms with Crippen LogP contribution in [0.5, 0.6) is 0 Å². The van der Waals surface area contributed by atoms with Gasteiger partial charge in [-0.3, -0.25) is 0 Å². The van der Waals surface area contributed by atoms with E-state index in [0.717, 1.165) is 32.1 Å². The molecule has 2 atom stereocenters. The number of rotatable bonds is 2. The van der Waals surface area contributed by atoms with Crippen LogP contribution in [0.1, 0.15) is 38.5 Å². The van der Waals surface area contributed by atoms with E-state index >= 15 is 0 Å². The molecule has 0 radical (unpaired) electrons. The van der Waals surface area contributed by atoms with Gasteiger partial charge in [0.05, 0.1) is 4.90 Å². The van der Waals surface area contributed by atoms with E-state index in [4.69, 9.17) is 0 Å². The molecule has 0 bridgehead atoms. The van der Waals surface area contributed by atoms with Gasteiger partial charge in [-0.05, 0) is 65.7 Å². The van der Waals surface area contributed by atoms with Crippen LogP contribution in [0.2, 0.25) is 0 Å². The summed E-state index contributed by atoms with van der Waals surface area (Å²) in [4.78, 5) is 0.176. The van der Waals surface area contributed by atoms with Gasteiger partial charge in [0.25, 0.3) is 0 Å². The Bertz CT molecular complexity index is 633. The molecule has 1 aromatic carbocycles. The minimum Gasteiger partial charge on any atom is -0.207 e. The molecule has 1 aliphatic heterocycles. The van der Waals surface area contributed by atoms with Crippen LogP contribution in [-0.4, -0.2) is 25.3 Å². The molecule has 2 unspecified atom stereocenters. The van der Waals surface area contributed by atoms with Crippen molar-refractivity contribution >= 4 is 26.0 Å². The molecular formula is C15H19BrFNO2S. The summed E-state index contributed by atoms with van der Waals surface area (Å²) in [6, 6.07) is 3.91. The summed E-state index contributed by atoms with van der Waals surface area (Å²) >= 11 is 3.19. The van der Waals surface area contributed by atoms with E-state index in [0.29, 0.717) is 16.9 Å². The van der Waals surface area contributed by atoms with Gasteiger partial charge in [-0.1, -0.05) is 12.8 Å². The van der Waals surface area contributed by atoms with Crippen molar-refractivity contribution in [1.29, 1.82) is 0 Å². The number of piperidine rings is 1. The Morgan fingerprint density at radius 3 is 2.62 bits per heavy atom. The van der Waals surface area contributed by atoms with Gasteiger partial charge in [0, 0.05) is 17.1 Å². The lowest BCUT2D eigenvalue weighted by Gasteiger charge is -2.43. The van der Waals surface area contributed by atoms with E-state index in [2.05, 4.69) is 15.9 Å². The second-order valence-electron chi connectivity index (χ2n) is 5.94. The maximum absolute atomic E-state index is 13.2. The number of halogens is 2. The fraction of sp³-hybridized carbons (Fsp3) is 0.600. The second kappa shape index (κ2) is 5.97. The predicted molar refractivity (Wildman–Crippen MR) is 83.0 cm³/mol. The van der Waals surface area contributed by atoms with Gasteiger partial charge >= 0.3 is 0 Å². The van der Waals surface area contributed by atoms with Crippen LogP contribution in [0.15, 0.2) is 27.6 Å². The molecule has 1 saturated carbocycles. The number of benzene rings is 1. The summed E-state index contributed by atoms with van der Waals surface area (Å²) < 4.78 is 41.1. The summed E-state index contributed by atoms with van der Waals surface area (Å²) in [7, 11) is -3.56. The average molecular weight is 376 g/mol. The summed E-state index contributed by atoms with van der Waals surface area (Å²) in [6.45, 7) is 0.577. The van der Waals surface area contributed by atoms with Gasteiger partial charge in [0.15, 0.2) is 0 Å². The van der Waals surface area contributed by atoms with Crippen molar-refractivity contribution in [2.75, 3.05) is 6.54 Å². The largest absolute Gasteiger partial charge is 0.244 e. The molecule has 0 spiro atoms. The first-order valence-corrected chi connectivity index (χ1v) is 9.70. The number of sulfonamides is 1. The van der Waals surface area contributed by atoms with Crippen LogP contribution in [0, 0.1) is 11.7 Å². The molecule has 1 heterocycles. The van der Waals surface area contributed by atoms with Gasteiger partial charge < -0.3 is 0 Å². The minimum absolute atomic E-state index is 0.120. The fourth-order valence-corrected chi connectivity index (χ4v) is 6.45. The van der Waals surface area contributed by atoms with E-state index in [1.54, 1.807) is 4.31 Å². The van der Waals surface area contributed by atoms with Gasteiger partial charge in [-0.15, -0.1) is 0 Å².